The van der Waals surface area contributed by atoms with E-state index in [1.165, 1.54) is 66.8 Å². The van der Waals surface area contributed by atoms with Gasteiger partial charge in [-0.2, -0.15) is 0 Å². The second-order valence-corrected chi connectivity index (χ2v) is 15.2. The maximum atomic E-state index is 6.62. The monoisotopic (exact) mass is 725 g/mol. The van der Waals surface area contributed by atoms with E-state index in [0.29, 0.717) is 0 Å². The summed E-state index contributed by atoms with van der Waals surface area (Å²) < 4.78 is 6.62. The Bertz CT molecular complexity index is 3110. The maximum Gasteiger partial charge on any atom is 0.159 e. The van der Waals surface area contributed by atoms with Crippen molar-refractivity contribution < 1.29 is 4.42 Å². The Balaban J connectivity index is 1.00. The van der Waals surface area contributed by atoms with Crippen molar-refractivity contribution in [1.29, 1.82) is 0 Å². The van der Waals surface area contributed by atoms with Crippen LogP contribution in [0.1, 0.15) is 22.3 Å². The average molecular weight is 726 g/mol. The average Bonchev–Trinajstić information content (AvgIpc) is 3.92. The lowest BCUT2D eigenvalue weighted by atomic mass is 9.70. The van der Waals surface area contributed by atoms with Crippen molar-refractivity contribution >= 4 is 39.0 Å². The molecule has 57 heavy (non-hydrogen) atoms. The molecule has 0 N–H and O–H groups in total. The molecule has 0 aliphatic heterocycles. The molecule has 0 amide bonds. The smallest absolute Gasteiger partial charge is 0.159 e. The summed E-state index contributed by atoms with van der Waals surface area (Å²) in [7, 11) is 0. The molecule has 2 nitrogen and oxygen atoms in total. The Labute approximate surface area is 331 Å². The Morgan fingerprint density at radius 3 is 1.44 bits per heavy atom. The van der Waals surface area contributed by atoms with Gasteiger partial charge in [0.2, 0.25) is 0 Å². The standard InChI is InChI=1S/C55H35NO/c1-2-13-36(14-3-1)37-25-30-40(31-26-37)56(52-23-12-19-47-46-18-7-11-24-53(46)57-54(47)52)41-32-27-38(28-33-41)39-29-34-45-44-17-6-10-22-50(44)55(51(45)35-39)48-20-8-4-15-42(48)43-16-5-9-21-49(43)55/h1-35H. The molecule has 2 aliphatic carbocycles. The largest absolute Gasteiger partial charge is 0.454 e. The first-order chi connectivity index (χ1) is 28.3. The lowest BCUT2D eigenvalue weighted by Crippen LogP contribution is -2.25. The molecule has 10 aromatic rings. The van der Waals surface area contributed by atoms with Crippen molar-refractivity contribution in [2.75, 3.05) is 4.90 Å². The van der Waals surface area contributed by atoms with Gasteiger partial charge in [-0.25, -0.2) is 0 Å². The van der Waals surface area contributed by atoms with E-state index in [-0.39, 0.29) is 5.41 Å². The van der Waals surface area contributed by atoms with Crippen molar-refractivity contribution in [3.63, 3.8) is 0 Å². The number of anilines is 3. The van der Waals surface area contributed by atoms with E-state index in [1.54, 1.807) is 0 Å². The summed E-state index contributed by atoms with van der Waals surface area (Å²) in [4.78, 5) is 2.32. The molecule has 266 valence electrons. The minimum absolute atomic E-state index is 0.372. The summed E-state index contributed by atoms with van der Waals surface area (Å²) in [6.07, 6.45) is 0. The van der Waals surface area contributed by atoms with Gasteiger partial charge in [0.05, 0.1) is 11.1 Å². The SMILES string of the molecule is c1ccc(-c2ccc(N(c3ccc(-c4ccc5c(c4)C4(c6ccccc6-c6ccccc64)c4ccccc4-5)cc3)c3cccc4c3oc3ccccc34)cc2)cc1. The molecule has 12 rings (SSSR count). The molecule has 0 radical (unpaired) electrons. The minimum atomic E-state index is -0.372. The summed E-state index contributed by atoms with van der Waals surface area (Å²) in [5.41, 5.74) is 20.0. The third kappa shape index (κ3) is 4.59. The number of fused-ring (bicyclic) bond motifs is 13. The number of benzene rings is 9. The number of hydrogen-bond acceptors (Lipinski definition) is 2. The topological polar surface area (TPSA) is 16.4 Å². The van der Waals surface area contributed by atoms with Gasteiger partial charge in [-0.3, -0.25) is 0 Å². The van der Waals surface area contributed by atoms with Gasteiger partial charge >= 0.3 is 0 Å². The van der Waals surface area contributed by atoms with Crippen LogP contribution in [-0.2, 0) is 5.41 Å². The highest BCUT2D eigenvalue weighted by molar-refractivity contribution is 6.10. The molecule has 0 unspecified atom stereocenters. The zero-order chi connectivity index (χ0) is 37.5. The fourth-order valence-corrected chi connectivity index (χ4v) is 9.85. The maximum absolute atomic E-state index is 6.62. The molecule has 0 atom stereocenters. The zero-order valence-corrected chi connectivity index (χ0v) is 31.1. The van der Waals surface area contributed by atoms with Crippen molar-refractivity contribution in [1.82, 2.24) is 0 Å². The minimum Gasteiger partial charge on any atom is -0.454 e. The van der Waals surface area contributed by atoms with Crippen LogP contribution in [0.25, 0.3) is 66.4 Å². The van der Waals surface area contributed by atoms with Crippen molar-refractivity contribution in [2.45, 2.75) is 5.41 Å². The molecular weight excluding hydrogens is 691 g/mol. The van der Waals surface area contributed by atoms with Gasteiger partial charge in [0.25, 0.3) is 0 Å². The van der Waals surface area contributed by atoms with Crippen molar-refractivity contribution in [2.24, 2.45) is 0 Å². The van der Waals surface area contributed by atoms with Gasteiger partial charge in [-0.15, -0.1) is 0 Å². The van der Waals surface area contributed by atoms with E-state index in [0.717, 1.165) is 39.0 Å². The summed E-state index contributed by atoms with van der Waals surface area (Å²) in [5.74, 6) is 0. The first-order valence-electron chi connectivity index (χ1n) is 19.7. The van der Waals surface area contributed by atoms with Gasteiger partial charge in [0, 0.05) is 22.1 Å². The molecule has 0 saturated heterocycles. The lowest BCUT2D eigenvalue weighted by Gasteiger charge is -2.30. The Kier molecular flexibility index (Phi) is 6.88. The Morgan fingerprint density at radius 2 is 0.807 bits per heavy atom. The number of nitrogens with zero attached hydrogens (tertiary/aromatic N) is 1. The molecule has 2 heteroatoms. The van der Waals surface area contributed by atoms with Crippen LogP contribution >= 0.6 is 0 Å². The van der Waals surface area contributed by atoms with E-state index in [1.807, 2.05) is 6.07 Å². The number of furan rings is 1. The normalized spacial score (nSPS) is 13.1. The van der Waals surface area contributed by atoms with Crippen LogP contribution in [0.15, 0.2) is 217 Å². The molecule has 2 aliphatic rings. The summed E-state index contributed by atoms with van der Waals surface area (Å²) >= 11 is 0. The van der Waals surface area contributed by atoms with Gasteiger partial charge in [0.1, 0.15) is 5.58 Å². The second kappa shape index (κ2) is 12.3. The van der Waals surface area contributed by atoms with Crippen LogP contribution in [-0.4, -0.2) is 0 Å². The fraction of sp³-hybridized carbons (Fsp3) is 0.0182. The molecular formula is C55H35NO. The van der Waals surface area contributed by atoms with Crippen molar-refractivity contribution in [3.8, 4) is 44.5 Å². The van der Waals surface area contributed by atoms with E-state index in [2.05, 4.69) is 211 Å². The van der Waals surface area contributed by atoms with Crippen LogP contribution in [0.5, 0.6) is 0 Å². The van der Waals surface area contributed by atoms with E-state index in [4.69, 9.17) is 4.42 Å². The zero-order valence-electron chi connectivity index (χ0n) is 31.1. The third-order valence-electron chi connectivity index (χ3n) is 12.3. The van der Waals surface area contributed by atoms with Crippen LogP contribution in [0.4, 0.5) is 17.1 Å². The van der Waals surface area contributed by atoms with Crippen LogP contribution in [0.2, 0.25) is 0 Å². The quantitative estimate of drug-likeness (QED) is 0.176. The van der Waals surface area contributed by atoms with Crippen molar-refractivity contribution in [3.05, 3.63) is 235 Å². The molecule has 9 aromatic carbocycles. The van der Waals surface area contributed by atoms with E-state index in [9.17, 15) is 0 Å². The summed E-state index contributed by atoms with van der Waals surface area (Å²) in [6.45, 7) is 0. The highest BCUT2D eigenvalue weighted by Crippen LogP contribution is 2.63. The lowest BCUT2D eigenvalue weighted by molar-refractivity contribution is 0.669. The fourth-order valence-electron chi connectivity index (χ4n) is 9.85. The first-order valence-corrected chi connectivity index (χ1v) is 19.7. The van der Waals surface area contributed by atoms with Crippen LogP contribution in [0, 0.1) is 0 Å². The Morgan fingerprint density at radius 1 is 0.333 bits per heavy atom. The predicted octanol–water partition coefficient (Wildman–Crippen LogP) is 14.7. The van der Waals surface area contributed by atoms with Crippen LogP contribution < -0.4 is 4.90 Å². The highest BCUT2D eigenvalue weighted by atomic mass is 16.3. The molecule has 0 fully saturated rings. The summed E-state index contributed by atoms with van der Waals surface area (Å²) in [5, 5.41) is 2.22. The van der Waals surface area contributed by atoms with E-state index >= 15 is 0 Å². The number of para-hydroxylation sites is 2. The molecule has 0 bridgehead atoms. The molecule has 1 aromatic heterocycles. The molecule has 1 heterocycles. The van der Waals surface area contributed by atoms with Gasteiger partial charge in [-0.05, 0) is 109 Å². The highest BCUT2D eigenvalue weighted by Gasteiger charge is 2.51. The second-order valence-electron chi connectivity index (χ2n) is 15.2. The first kappa shape index (κ1) is 31.9. The van der Waals surface area contributed by atoms with Gasteiger partial charge in [0.15, 0.2) is 5.58 Å². The van der Waals surface area contributed by atoms with Gasteiger partial charge in [-0.1, -0.05) is 170 Å². The molecule has 1 spiro atoms. The third-order valence-corrected chi connectivity index (χ3v) is 12.3. The van der Waals surface area contributed by atoms with E-state index < -0.39 is 0 Å². The van der Waals surface area contributed by atoms with Crippen LogP contribution in [0.3, 0.4) is 0 Å². The number of hydrogen-bond donors (Lipinski definition) is 0. The van der Waals surface area contributed by atoms with Gasteiger partial charge < -0.3 is 9.32 Å². The molecule has 0 saturated carbocycles. The summed E-state index contributed by atoms with van der Waals surface area (Å²) in [6, 6.07) is 77.3. The Hall–Kier alpha value is -7.42. The predicted molar refractivity (Wildman–Crippen MR) is 236 cm³/mol. The number of rotatable bonds is 5.